The van der Waals surface area contributed by atoms with Gasteiger partial charge in [0.25, 0.3) is 5.91 Å². The molecule has 0 saturated carbocycles. The van der Waals surface area contributed by atoms with Crippen LogP contribution in [0.3, 0.4) is 0 Å². The van der Waals surface area contributed by atoms with Crippen molar-refractivity contribution in [3.63, 3.8) is 0 Å². The summed E-state index contributed by atoms with van der Waals surface area (Å²) < 4.78 is 1.74. The highest BCUT2D eigenvalue weighted by Gasteiger charge is 2.11. The molecular formula is C19H19N5O2S. The molecule has 27 heavy (non-hydrogen) atoms. The summed E-state index contributed by atoms with van der Waals surface area (Å²) in [5, 5.41) is 14.0. The van der Waals surface area contributed by atoms with Gasteiger partial charge in [-0.15, -0.1) is 10.2 Å². The normalized spacial score (nSPS) is 10.4. The third-order valence-electron chi connectivity index (χ3n) is 3.80. The number of benzene rings is 2. The van der Waals surface area contributed by atoms with Gasteiger partial charge < -0.3 is 15.2 Å². The molecule has 0 spiro atoms. The van der Waals surface area contributed by atoms with E-state index in [4.69, 9.17) is 0 Å². The molecule has 0 bridgehead atoms. The molecule has 3 rings (SSSR count). The van der Waals surface area contributed by atoms with Crippen LogP contribution in [0.25, 0.3) is 0 Å². The predicted octanol–water partition coefficient (Wildman–Crippen LogP) is 3.11. The molecule has 0 fully saturated rings. The lowest BCUT2D eigenvalue weighted by atomic mass is 10.1. The number of carbonyl (C=O) groups is 2. The maximum atomic E-state index is 12.5. The molecule has 0 aliphatic heterocycles. The molecule has 2 N–H and O–H groups in total. The first-order chi connectivity index (χ1) is 13.0. The average Bonchev–Trinajstić information content (AvgIpc) is 3.07. The van der Waals surface area contributed by atoms with Gasteiger partial charge in [0, 0.05) is 24.0 Å². The minimum atomic E-state index is -0.228. The predicted molar refractivity (Wildman–Crippen MR) is 106 cm³/mol. The van der Waals surface area contributed by atoms with Crippen molar-refractivity contribution in [3.05, 3.63) is 66.0 Å². The van der Waals surface area contributed by atoms with Gasteiger partial charge in [-0.25, -0.2) is 0 Å². The van der Waals surface area contributed by atoms with Crippen LogP contribution in [-0.2, 0) is 11.8 Å². The summed E-state index contributed by atoms with van der Waals surface area (Å²) in [7, 11) is 1.82. The number of nitrogens with one attached hydrogen (secondary N) is 2. The van der Waals surface area contributed by atoms with Crippen LogP contribution in [0.5, 0.6) is 0 Å². The van der Waals surface area contributed by atoms with E-state index in [-0.39, 0.29) is 17.6 Å². The minimum Gasteiger partial charge on any atom is -0.325 e. The van der Waals surface area contributed by atoms with Crippen LogP contribution in [0, 0.1) is 6.92 Å². The van der Waals surface area contributed by atoms with Gasteiger partial charge in [0.15, 0.2) is 5.16 Å². The fourth-order valence-corrected chi connectivity index (χ4v) is 3.06. The van der Waals surface area contributed by atoms with E-state index in [1.807, 2.05) is 38.2 Å². The number of rotatable bonds is 6. The number of hydrogen-bond donors (Lipinski definition) is 2. The topological polar surface area (TPSA) is 88.9 Å². The number of hydrogen-bond acceptors (Lipinski definition) is 5. The average molecular weight is 381 g/mol. The monoisotopic (exact) mass is 381 g/mol. The highest BCUT2D eigenvalue weighted by Crippen LogP contribution is 2.18. The van der Waals surface area contributed by atoms with E-state index in [1.165, 1.54) is 11.8 Å². The van der Waals surface area contributed by atoms with E-state index >= 15 is 0 Å². The summed E-state index contributed by atoms with van der Waals surface area (Å²) in [4.78, 5) is 24.6. The molecule has 0 saturated heterocycles. The molecule has 7 nitrogen and oxygen atoms in total. The molecule has 2 aromatic carbocycles. The number of aromatic nitrogens is 3. The maximum Gasteiger partial charge on any atom is 0.255 e. The molecule has 0 aliphatic carbocycles. The lowest BCUT2D eigenvalue weighted by Gasteiger charge is -2.10. The minimum absolute atomic E-state index is 0.181. The van der Waals surface area contributed by atoms with Gasteiger partial charge >= 0.3 is 0 Å². The Kier molecular flexibility index (Phi) is 5.87. The lowest BCUT2D eigenvalue weighted by Crippen LogP contribution is -2.16. The van der Waals surface area contributed by atoms with E-state index in [2.05, 4.69) is 20.8 Å². The summed E-state index contributed by atoms with van der Waals surface area (Å²) in [6.07, 6.45) is 1.58. The zero-order valence-electron chi connectivity index (χ0n) is 15.0. The molecule has 0 atom stereocenters. The van der Waals surface area contributed by atoms with Crippen molar-refractivity contribution in [1.29, 1.82) is 0 Å². The number of carbonyl (C=O) groups excluding carboxylic acids is 2. The van der Waals surface area contributed by atoms with Crippen molar-refractivity contribution in [3.8, 4) is 0 Å². The van der Waals surface area contributed by atoms with Gasteiger partial charge in [-0.3, -0.25) is 9.59 Å². The third-order valence-corrected chi connectivity index (χ3v) is 4.84. The van der Waals surface area contributed by atoms with Crippen LogP contribution in [0.2, 0.25) is 0 Å². The summed E-state index contributed by atoms with van der Waals surface area (Å²) in [6.45, 7) is 1.93. The Morgan fingerprint density at radius 3 is 2.67 bits per heavy atom. The fourth-order valence-electron chi connectivity index (χ4n) is 2.38. The van der Waals surface area contributed by atoms with Crippen LogP contribution in [0.15, 0.2) is 60.0 Å². The first-order valence-electron chi connectivity index (χ1n) is 8.26. The van der Waals surface area contributed by atoms with E-state index in [0.29, 0.717) is 16.4 Å². The van der Waals surface area contributed by atoms with Crippen molar-refractivity contribution >= 4 is 35.0 Å². The molecule has 0 radical (unpaired) electrons. The van der Waals surface area contributed by atoms with Crippen molar-refractivity contribution in [1.82, 2.24) is 14.8 Å². The molecular weight excluding hydrogens is 362 g/mol. The Balaban J connectivity index is 1.61. The Morgan fingerprint density at radius 2 is 1.93 bits per heavy atom. The van der Waals surface area contributed by atoms with Crippen LogP contribution in [-0.4, -0.2) is 32.3 Å². The van der Waals surface area contributed by atoms with Gasteiger partial charge in [-0.1, -0.05) is 36.0 Å². The van der Waals surface area contributed by atoms with Crippen molar-refractivity contribution in [2.45, 2.75) is 12.1 Å². The number of thioether (sulfide) groups is 1. The zero-order valence-corrected chi connectivity index (χ0v) is 15.8. The SMILES string of the molecule is Cc1ccccc1NC(=O)c1cccc(NC(=O)CSc2nncn2C)c1. The summed E-state index contributed by atoms with van der Waals surface area (Å²) >= 11 is 1.29. The van der Waals surface area contributed by atoms with Gasteiger partial charge in [-0.2, -0.15) is 0 Å². The van der Waals surface area contributed by atoms with Crippen LogP contribution >= 0.6 is 11.8 Å². The number of anilines is 2. The molecule has 0 aliphatic rings. The Labute approximate surface area is 161 Å². The van der Waals surface area contributed by atoms with E-state index in [1.54, 1.807) is 35.2 Å². The zero-order chi connectivity index (χ0) is 19.2. The third kappa shape index (κ3) is 4.95. The van der Waals surface area contributed by atoms with Crippen LogP contribution in [0.4, 0.5) is 11.4 Å². The Bertz CT molecular complexity index is 970. The highest BCUT2D eigenvalue weighted by molar-refractivity contribution is 7.99. The fraction of sp³-hybridized carbons (Fsp3) is 0.158. The molecule has 1 aromatic heterocycles. The number of nitrogens with zero attached hydrogens (tertiary/aromatic N) is 3. The molecule has 8 heteroatoms. The standard InChI is InChI=1S/C19H19N5O2S/c1-13-6-3-4-9-16(13)22-18(26)14-7-5-8-15(10-14)21-17(25)11-27-19-23-20-12-24(19)2/h3-10,12H,11H2,1-2H3,(H,21,25)(H,22,26). The van der Waals surface area contributed by atoms with E-state index in [9.17, 15) is 9.59 Å². The second-order valence-corrected chi connectivity index (χ2v) is 6.85. The van der Waals surface area contributed by atoms with Crippen molar-refractivity contribution < 1.29 is 9.59 Å². The Morgan fingerprint density at radius 1 is 1.11 bits per heavy atom. The molecule has 2 amide bonds. The smallest absolute Gasteiger partial charge is 0.255 e. The largest absolute Gasteiger partial charge is 0.325 e. The number of aryl methyl sites for hydroxylation is 2. The van der Waals surface area contributed by atoms with Gasteiger partial charge in [0.05, 0.1) is 5.75 Å². The van der Waals surface area contributed by atoms with E-state index < -0.39 is 0 Å². The summed E-state index contributed by atoms with van der Waals surface area (Å²) in [5.41, 5.74) is 2.78. The first kappa shape index (κ1) is 18.7. The van der Waals surface area contributed by atoms with Gasteiger partial charge in [-0.05, 0) is 36.8 Å². The summed E-state index contributed by atoms with van der Waals surface area (Å²) in [5.74, 6) is -0.208. The highest BCUT2D eigenvalue weighted by atomic mass is 32.2. The van der Waals surface area contributed by atoms with Crippen molar-refractivity contribution in [2.75, 3.05) is 16.4 Å². The molecule has 1 heterocycles. The van der Waals surface area contributed by atoms with E-state index in [0.717, 1.165) is 11.3 Å². The quantitative estimate of drug-likeness (QED) is 0.641. The van der Waals surface area contributed by atoms with Gasteiger partial charge in [0.2, 0.25) is 5.91 Å². The second kappa shape index (κ2) is 8.50. The first-order valence-corrected chi connectivity index (χ1v) is 9.25. The summed E-state index contributed by atoms with van der Waals surface area (Å²) in [6, 6.07) is 14.4. The maximum absolute atomic E-state index is 12.5. The number of amides is 2. The van der Waals surface area contributed by atoms with Gasteiger partial charge in [0.1, 0.15) is 6.33 Å². The Hall–Kier alpha value is -3.13. The molecule has 0 unspecified atom stereocenters. The van der Waals surface area contributed by atoms with Crippen LogP contribution in [0.1, 0.15) is 15.9 Å². The van der Waals surface area contributed by atoms with Crippen molar-refractivity contribution in [2.24, 2.45) is 7.05 Å². The molecule has 3 aromatic rings. The molecule has 138 valence electrons. The number of para-hydroxylation sites is 1. The van der Waals surface area contributed by atoms with Crippen LogP contribution < -0.4 is 10.6 Å². The second-order valence-electron chi connectivity index (χ2n) is 5.91. The lowest BCUT2D eigenvalue weighted by molar-refractivity contribution is -0.113.